The Bertz CT molecular complexity index is 769. The predicted octanol–water partition coefficient (Wildman–Crippen LogP) is 0.444. The molecule has 2 fully saturated rings. The quantitative estimate of drug-likeness (QED) is 0.782. The van der Waals surface area contributed by atoms with Gasteiger partial charge in [0.2, 0.25) is 5.95 Å². The molecule has 1 amide bonds. The van der Waals surface area contributed by atoms with Crippen LogP contribution < -0.4 is 4.90 Å². The summed E-state index contributed by atoms with van der Waals surface area (Å²) < 4.78 is 18.9. The van der Waals surface area contributed by atoms with Crippen LogP contribution in [0.15, 0.2) is 24.8 Å². The van der Waals surface area contributed by atoms with Crippen molar-refractivity contribution >= 4 is 11.9 Å². The van der Waals surface area contributed by atoms with Gasteiger partial charge in [0.15, 0.2) is 5.82 Å². The highest BCUT2D eigenvalue weighted by Crippen LogP contribution is 2.26. The van der Waals surface area contributed by atoms with E-state index in [1.54, 1.807) is 11.1 Å². The van der Waals surface area contributed by atoms with E-state index in [0.29, 0.717) is 37.9 Å². The van der Waals surface area contributed by atoms with Gasteiger partial charge in [-0.1, -0.05) is 0 Å². The third-order valence-corrected chi connectivity index (χ3v) is 4.45. The molecular weight excluding hydrogens is 327 g/mol. The second-order valence-electron chi connectivity index (χ2n) is 6.12. The Morgan fingerprint density at radius 1 is 1.16 bits per heavy atom. The number of aromatic nitrogens is 4. The zero-order valence-corrected chi connectivity index (χ0v) is 13.7. The van der Waals surface area contributed by atoms with Crippen molar-refractivity contribution in [2.24, 2.45) is 0 Å². The van der Waals surface area contributed by atoms with Crippen molar-refractivity contribution in [1.29, 1.82) is 0 Å². The maximum Gasteiger partial charge on any atom is 0.274 e. The van der Waals surface area contributed by atoms with Crippen LogP contribution in [0.5, 0.6) is 0 Å². The molecule has 0 aromatic carbocycles. The van der Waals surface area contributed by atoms with E-state index >= 15 is 0 Å². The topological polar surface area (TPSA) is 84.3 Å². The van der Waals surface area contributed by atoms with Gasteiger partial charge in [-0.15, -0.1) is 0 Å². The summed E-state index contributed by atoms with van der Waals surface area (Å²) in [6.07, 6.45) is 5.22. The van der Waals surface area contributed by atoms with Crippen LogP contribution in [0.1, 0.15) is 16.2 Å². The molecule has 0 aliphatic carbocycles. The van der Waals surface area contributed by atoms with Crippen LogP contribution in [0.3, 0.4) is 0 Å². The number of nitrogens with zero attached hydrogens (tertiary/aromatic N) is 6. The Morgan fingerprint density at radius 3 is 2.68 bits per heavy atom. The summed E-state index contributed by atoms with van der Waals surface area (Å²) in [7, 11) is 0. The smallest absolute Gasteiger partial charge is 0.274 e. The summed E-state index contributed by atoms with van der Waals surface area (Å²) in [6, 6.07) is -0.0680. The van der Waals surface area contributed by atoms with E-state index < -0.39 is 5.82 Å². The Labute approximate surface area is 143 Å². The highest BCUT2D eigenvalue weighted by molar-refractivity contribution is 5.92. The van der Waals surface area contributed by atoms with Gasteiger partial charge in [-0.2, -0.15) is 0 Å². The Morgan fingerprint density at radius 2 is 1.96 bits per heavy atom. The molecule has 2 atom stereocenters. The molecule has 2 aromatic rings. The molecule has 0 radical (unpaired) electrons. The first-order chi connectivity index (χ1) is 12.1. The van der Waals surface area contributed by atoms with Crippen molar-refractivity contribution in [2.75, 3.05) is 31.1 Å². The summed E-state index contributed by atoms with van der Waals surface area (Å²) >= 11 is 0. The molecule has 2 aliphatic rings. The molecule has 130 valence electrons. The minimum absolute atomic E-state index is 0.0680. The molecule has 0 bridgehead atoms. The van der Waals surface area contributed by atoms with Gasteiger partial charge in [-0.05, 0) is 6.92 Å². The fourth-order valence-electron chi connectivity index (χ4n) is 3.22. The van der Waals surface area contributed by atoms with E-state index in [1.165, 1.54) is 6.20 Å². The lowest BCUT2D eigenvalue weighted by Gasteiger charge is -2.36. The standard InChI is InChI=1S/C16H17FN6O2/c1-10-4-19-12(7-18-10)15(24)22-8-13-14(9-22)25-3-2-23(13)16-20-5-11(17)6-21-16/h4-7,13-14H,2-3,8-9H2,1H3/t13-,14+/m1/s1. The van der Waals surface area contributed by atoms with E-state index in [0.717, 1.165) is 18.1 Å². The van der Waals surface area contributed by atoms with Crippen molar-refractivity contribution in [3.8, 4) is 0 Å². The molecule has 8 nitrogen and oxygen atoms in total. The molecule has 0 unspecified atom stereocenters. The summed E-state index contributed by atoms with van der Waals surface area (Å²) in [5.74, 6) is -0.204. The second-order valence-corrected chi connectivity index (χ2v) is 6.12. The first-order valence-electron chi connectivity index (χ1n) is 8.05. The number of fused-ring (bicyclic) bond motifs is 1. The Kier molecular flexibility index (Phi) is 4.00. The third kappa shape index (κ3) is 3.02. The van der Waals surface area contributed by atoms with Crippen LogP contribution in [0.2, 0.25) is 0 Å². The average Bonchev–Trinajstić information content (AvgIpc) is 3.07. The summed E-state index contributed by atoms with van der Waals surface area (Å²) in [5, 5.41) is 0. The normalized spacial score (nSPS) is 22.8. The van der Waals surface area contributed by atoms with Crippen molar-refractivity contribution in [1.82, 2.24) is 24.8 Å². The molecule has 4 heterocycles. The zero-order chi connectivity index (χ0) is 17.4. The highest BCUT2D eigenvalue weighted by atomic mass is 19.1. The van der Waals surface area contributed by atoms with Crippen molar-refractivity contribution in [2.45, 2.75) is 19.1 Å². The van der Waals surface area contributed by atoms with Crippen LogP contribution >= 0.6 is 0 Å². The molecule has 0 spiro atoms. The summed E-state index contributed by atoms with van der Waals surface area (Å²) in [4.78, 5) is 32.7. The number of carbonyl (C=O) groups excluding carboxylic acids is 1. The molecule has 0 saturated carbocycles. The van der Waals surface area contributed by atoms with E-state index in [9.17, 15) is 9.18 Å². The van der Waals surface area contributed by atoms with Crippen molar-refractivity contribution < 1.29 is 13.9 Å². The maximum absolute atomic E-state index is 13.1. The lowest BCUT2D eigenvalue weighted by atomic mass is 10.1. The number of aryl methyl sites for hydroxylation is 1. The monoisotopic (exact) mass is 344 g/mol. The minimum atomic E-state index is -0.477. The number of ether oxygens (including phenoxy) is 1. The number of carbonyl (C=O) groups is 1. The van der Waals surface area contributed by atoms with Gasteiger partial charge in [-0.3, -0.25) is 9.78 Å². The highest BCUT2D eigenvalue weighted by Gasteiger charge is 2.43. The molecule has 2 saturated heterocycles. The predicted molar refractivity (Wildman–Crippen MR) is 85.5 cm³/mol. The van der Waals surface area contributed by atoms with Gasteiger partial charge in [0.1, 0.15) is 5.69 Å². The lowest BCUT2D eigenvalue weighted by molar-refractivity contribution is 0.0296. The molecular formula is C16H17FN6O2. The van der Waals surface area contributed by atoms with E-state index in [-0.39, 0.29) is 18.1 Å². The van der Waals surface area contributed by atoms with Crippen LogP contribution in [-0.2, 0) is 4.74 Å². The van der Waals surface area contributed by atoms with Gasteiger partial charge in [0.25, 0.3) is 5.91 Å². The number of morpholine rings is 1. The van der Waals surface area contributed by atoms with Crippen molar-refractivity contribution in [3.63, 3.8) is 0 Å². The van der Waals surface area contributed by atoms with Crippen LogP contribution in [-0.4, -0.2) is 69.1 Å². The fraction of sp³-hybridized carbons (Fsp3) is 0.438. The second kappa shape index (κ2) is 6.32. The zero-order valence-electron chi connectivity index (χ0n) is 13.7. The molecule has 0 N–H and O–H groups in total. The average molecular weight is 344 g/mol. The largest absolute Gasteiger partial charge is 0.372 e. The van der Waals surface area contributed by atoms with E-state index in [1.807, 2.05) is 11.8 Å². The number of amides is 1. The van der Waals surface area contributed by atoms with Gasteiger partial charge < -0.3 is 14.5 Å². The number of rotatable bonds is 2. The summed E-state index contributed by atoms with van der Waals surface area (Å²) in [6.45, 7) is 3.87. The van der Waals surface area contributed by atoms with E-state index in [2.05, 4.69) is 19.9 Å². The Hall–Kier alpha value is -2.68. The first-order valence-corrected chi connectivity index (χ1v) is 8.05. The number of anilines is 1. The van der Waals surface area contributed by atoms with Gasteiger partial charge >= 0.3 is 0 Å². The number of hydrogen-bond donors (Lipinski definition) is 0. The van der Waals surface area contributed by atoms with Gasteiger partial charge in [0, 0.05) is 25.8 Å². The molecule has 4 rings (SSSR count). The SMILES string of the molecule is Cc1cnc(C(=O)N2C[C@@H]3OCCN(c4ncc(F)cn4)[C@@H]3C2)cn1. The molecule has 2 aliphatic heterocycles. The number of halogens is 1. The summed E-state index contributed by atoms with van der Waals surface area (Å²) in [5.41, 5.74) is 1.07. The van der Waals surface area contributed by atoms with Crippen molar-refractivity contribution in [3.05, 3.63) is 42.0 Å². The van der Waals surface area contributed by atoms with Crippen LogP contribution in [0.4, 0.5) is 10.3 Å². The van der Waals surface area contributed by atoms with E-state index in [4.69, 9.17) is 4.74 Å². The number of likely N-dealkylation sites (tertiary alicyclic amines) is 1. The lowest BCUT2D eigenvalue weighted by Crippen LogP contribution is -2.51. The van der Waals surface area contributed by atoms with Crippen LogP contribution in [0, 0.1) is 12.7 Å². The van der Waals surface area contributed by atoms with Gasteiger partial charge in [-0.25, -0.2) is 19.3 Å². The molecule has 9 heteroatoms. The fourth-order valence-corrected chi connectivity index (χ4v) is 3.22. The Balaban J connectivity index is 1.53. The molecule has 25 heavy (non-hydrogen) atoms. The number of hydrogen-bond acceptors (Lipinski definition) is 7. The third-order valence-electron chi connectivity index (χ3n) is 4.45. The minimum Gasteiger partial charge on any atom is -0.372 e. The molecule has 2 aromatic heterocycles. The first kappa shape index (κ1) is 15.8. The van der Waals surface area contributed by atoms with Gasteiger partial charge in [0.05, 0.1) is 43.0 Å². The van der Waals surface area contributed by atoms with Crippen LogP contribution in [0.25, 0.3) is 0 Å². The maximum atomic E-state index is 13.1.